The maximum absolute atomic E-state index is 13.8. The van der Waals surface area contributed by atoms with Crippen LogP contribution >= 0.6 is 12.4 Å². The van der Waals surface area contributed by atoms with Crippen LogP contribution in [0.5, 0.6) is 0 Å². The average Bonchev–Trinajstić information content (AvgIpc) is 3.32. The van der Waals surface area contributed by atoms with Gasteiger partial charge in [-0.05, 0) is 31.3 Å². The van der Waals surface area contributed by atoms with Crippen LogP contribution in [0, 0.1) is 11.6 Å². The third-order valence-electron chi connectivity index (χ3n) is 4.99. The number of halogens is 4. The Hall–Kier alpha value is -3.24. The molecule has 38 heavy (non-hydrogen) atoms. The summed E-state index contributed by atoms with van der Waals surface area (Å²) in [6.45, 7) is 1.18. The van der Waals surface area contributed by atoms with E-state index in [4.69, 9.17) is 9.47 Å². The van der Waals surface area contributed by atoms with E-state index in [9.17, 15) is 23.2 Å². The molecule has 0 bridgehead atoms. The molecule has 3 rings (SSSR count). The second-order valence-corrected chi connectivity index (χ2v) is 7.66. The number of likely N-dealkylation sites (N-methyl/N-ethyl adjacent to an activating group) is 1. The van der Waals surface area contributed by atoms with Gasteiger partial charge in [0.2, 0.25) is 18.3 Å². The number of anilines is 1. The van der Waals surface area contributed by atoms with Crippen molar-refractivity contribution in [2.24, 2.45) is 0 Å². The Balaban J connectivity index is 0.00000361. The first-order valence-corrected chi connectivity index (χ1v) is 10.8. The summed E-state index contributed by atoms with van der Waals surface area (Å²) in [6.07, 6.45) is 2.61. The zero-order chi connectivity index (χ0) is 26.2. The van der Waals surface area contributed by atoms with Crippen LogP contribution in [0.1, 0.15) is 29.1 Å². The highest BCUT2D eigenvalue weighted by Gasteiger charge is 2.24. The molecule has 1 aromatic carbocycles. The SMILES string of the molecule is CNCC(=O)OCc1cccnc1N(C)C(=O)OC(C)[n+]1cnn(CC(=O)c2cc(F)ccc2F)c1.Cl.[I-]. The van der Waals surface area contributed by atoms with Crippen LogP contribution in [-0.2, 0) is 27.4 Å². The van der Waals surface area contributed by atoms with Crippen LogP contribution in [0.25, 0.3) is 0 Å². The van der Waals surface area contributed by atoms with Gasteiger partial charge >= 0.3 is 12.1 Å². The summed E-state index contributed by atoms with van der Waals surface area (Å²) in [6, 6.07) is 5.94. The first-order chi connectivity index (χ1) is 17.2. The molecule has 1 unspecified atom stereocenters. The minimum atomic E-state index is -0.838. The molecular weight excluding hydrogens is 641 g/mol. The molecule has 0 aliphatic rings. The van der Waals surface area contributed by atoms with Gasteiger partial charge in [0, 0.05) is 30.8 Å². The van der Waals surface area contributed by atoms with Crippen molar-refractivity contribution in [3.63, 3.8) is 0 Å². The number of esters is 1. The Morgan fingerprint density at radius 2 is 1.97 bits per heavy atom. The zero-order valence-electron chi connectivity index (χ0n) is 20.6. The summed E-state index contributed by atoms with van der Waals surface area (Å²) in [5.74, 6) is -2.46. The lowest BCUT2D eigenvalue weighted by atomic mass is 10.1. The highest BCUT2D eigenvalue weighted by molar-refractivity contribution is 5.96. The summed E-state index contributed by atoms with van der Waals surface area (Å²) < 4.78 is 40.5. The molecule has 15 heteroatoms. The number of carbonyl (C=O) groups is 3. The predicted molar refractivity (Wildman–Crippen MR) is 128 cm³/mol. The van der Waals surface area contributed by atoms with Gasteiger partial charge in [0.05, 0.1) is 12.1 Å². The summed E-state index contributed by atoms with van der Waals surface area (Å²) in [7, 11) is 3.07. The van der Waals surface area contributed by atoms with Crippen LogP contribution in [0.3, 0.4) is 0 Å². The molecule has 2 aromatic heterocycles. The van der Waals surface area contributed by atoms with Crippen LogP contribution < -0.4 is 38.8 Å². The molecule has 0 aliphatic heterocycles. The number of amides is 1. The number of pyridine rings is 1. The van der Waals surface area contributed by atoms with Crippen molar-refractivity contribution >= 4 is 36.1 Å². The van der Waals surface area contributed by atoms with Crippen LogP contribution in [0.4, 0.5) is 19.4 Å². The van der Waals surface area contributed by atoms with E-state index in [2.05, 4.69) is 15.4 Å². The van der Waals surface area contributed by atoms with E-state index in [1.807, 2.05) is 0 Å². The zero-order valence-corrected chi connectivity index (χ0v) is 23.6. The van der Waals surface area contributed by atoms with Gasteiger partial charge in [0.15, 0.2) is 6.54 Å². The highest BCUT2D eigenvalue weighted by Crippen LogP contribution is 2.19. The van der Waals surface area contributed by atoms with Gasteiger partial charge in [-0.15, -0.1) is 17.1 Å². The molecule has 0 fully saturated rings. The number of Topliss-reactive ketones (excluding diaryl/α,β-unsaturated/α-hetero) is 1. The van der Waals surface area contributed by atoms with E-state index in [0.29, 0.717) is 5.56 Å². The Morgan fingerprint density at radius 3 is 2.68 bits per heavy atom. The number of hydrogen-bond acceptors (Lipinski definition) is 8. The molecule has 0 spiro atoms. The van der Waals surface area contributed by atoms with E-state index >= 15 is 0 Å². The summed E-state index contributed by atoms with van der Waals surface area (Å²) >= 11 is 0. The Bertz CT molecular complexity index is 1260. The quantitative estimate of drug-likeness (QED) is 0.130. The molecule has 0 radical (unpaired) electrons. The van der Waals surface area contributed by atoms with Gasteiger partial charge in [-0.1, -0.05) is 6.07 Å². The Kier molecular flexibility index (Phi) is 13.1. The number of benzene rings is 1. The molecule has 1 N–H and O–H groups in total. The van der Waals surface area contributed by atoms with Crippen molar-refractivity contribution < 1.29 is 61.2 Å². The molecule has 0 saturated heterocycles. The monoisotopic (exact) mass is 666 g/mol. The van der Waals surface area contributed by atoms with Gasteiger partial charge in [0.1, 0.15) is 24.1 Å². The van der Waals surface area contributed by atoms with Crippen molar-refractivity contribution in [3.05, 3.63) is 71.9 Å². The number of aromatic nitrogens is 4. The molecule has 0 aliphatic carbocycles. The predicted octanol–water partition coefficient (Wildman–Crippen LogP) is -0.793. The molecule has 1 amide bonds. The summed E-state index contributed by atoms with van der Waals surface area (Å²) in [4.78, 5) is 42.1. The molecule has 1 atom stereocenters. The number of nitrogens with zero attached hydrogens (tertiary/aromatic N) is 5. The van der Waals surface area contributed by atoms with E-state index in [1.165, 1.54) is 40.0 Å². The Labute approximate surface area is 240 Å². The minimum absolute atomic E-state index is 0. The number of nitrogens with one attached hydrogen (secondary N) is 1. The number of rotatable bonds is 10. The highest BCUT2D eigenvalue weighted by atomic mass is 127. The number of ether oxygens (including phenoxy) is 2. The second kappa shape index (κ2) is 15.2. The maximum Gasteiger partial charge on any atom is 0.418 e. The van der Waals surface area contributed by atoms with Gasteiger partial charge in [-0.2, -0.15) is 4.57 Å². The van der Waals surface area contributed by atoms with Crippen molar-refractivity contribution in [2.45, 2.75) is 26.3 Å². The third-order valence-corrected chi connectivity index (χ3v) is 4.99. The van der Waals surface area contributed by atoms with Gasteiger partial charge in [0.25, 0.3) is 6.33 Å². The molecular formula is C23H26ClF2IN6O5. The minimum Gasteiger partial charge on any atom is -1.00 e. The number of ketones is 1. The molecule has 2 heterocycles. The third kappa shape index (κ3) is 8.66. The van der Waals surface area contributed by atoms with E-state index in [0.717, 1.165) is 18.2 Å². The number of carbonyl (C=O) groups excluding carboxylic acids is 3. The van der Waals surface area contributed by atoms with Crippen molar-refractivity contribution in [2.75, 3.05) is 25.5 Å². The van der Waals surface area contributed by atoms with Gasteiger partial charge in [-0.3, -0.25) is 14.5 Å². The summed E-state index contributed by atoms with van der Waals surface area (Å²) in [5, 5.41) is 6.69. The standard InChI is InChI=1S/C23H25F2N6O5.ClH.HI/c1-15(30-13-28-31(14-30)11-20(32)18-9-17(24)6-7-19(18)25)36-23(34)29(3)22-16(5-4-8-27-22)12-35-21(33)10-26-2;;/h4-9,13-15,26H,10-12H2,1-3H3;2*1H/q+1;;/p-1. The lowest BCUT2D eigenvalue weighted by molar-refractivity contribution is -0.753. The van der Waals surface area contributed by atoms with Crippen LogP contribution in [0.15, 0.2) is 49.2 Å². The van der Waals surface area contributed by atoms with Gasteiger partial charge < -0.3 is 38.8 Å². The topological polar surface area (TPSA) is 120 Å². The fourth-order valence-corrected chi connectivity index (χ4v) is 3.12. The first kappa shape index (κ1) is 32.8. The van der Waals surface area contributed by atoms with Gasteiger partial charge in [-0.25, -0.2) is 18.6 Å². The lowest BCUT2D eigenvalue weighted by Gasteiger charge is -2.20. The average molecular weight is 667 g/mol. The maximum atomic E-state index is 13.8. The van der Waals surface area contributed by atoms with Crippen molar-refractivity contribution in [1.29, 1.82) is 0 Å². The normalized spacial score (nSPS) is 11.0. The number of hydrogen-bond donors (Lipinski definition) is 1. The largest absolute Gasteiger partial charge is 1.00 e. The summed E-state index contributed by atoms with van der Waals surface area (Å²) in [5.41, 5.74) is 0.110. The Morgan fingerprint density at radius 1 is 1.24 bits per heavy atom. The second-order valence-electron chi connectivity index (χ2n) is 7.66. The molecule has 11 nitrogen and oxygen atoms in total. The lowest BCUT2D eigenvalue weighted by Crippen LogP contribution is -3.00. The first-order valence-electron chi connectivity index (χ1n) is 10.8. The van der Waals surface area contributed by atoms with Crippen LogP contribution in [-0.4, -0.2) is 53.3 Å². The fourth-order valence-electron chi connectivity index (χ4n) is 3.12. The van der Waals surface area contributed by atoms with E-state index in [-0.39, 0.29) is 67.5 Å². The fraction of sp³-hybridized carbons (Fsp3) is 0.304. The van der Waals surface area contributed by atoms with E-state index < -0.39 is 35.7 Å². The molecule has 3 aromatic rings. The molecule has 206 valence electrons. The van der Waals surface area contributed by atoms with E-state index in [1.54, 1.807) is 26.1 Å². The smallest absolute Gasteiger partial charge is 0.418 e. The van der Waals surface area contributed by atoms with Crippen molar-refractivity contribution in [1.82, 2.24) is 20.1 Å². The van der Waals surface area contributed by atoms with Crippen LogP contribution in [0.2, 0.25) is 0 Å². The van der Waals surface area contributed by atoms with Crippen molar-refractivity contribution in [3.8, 4) is 0 Å². The molecule has 0 saturated carbocycles.